The van der Waals surface area contributed by atoms with Crippen LogP contribution in [0.3, 0.4) is 0 Å². The van der Waals surface area contributed by atoms with E-state index in [4.69, 9.17) is 4.74 Å². The normalized spacial score (nSPS) is 42.0. The number of carbonyl (C=O) groups excluding carboxylic acids is 2. The Morgan fingerprint density at radius 1 is 0.854 bits per heavy atom. The van der Waals surface area contributed by atoms with Crippen LogP contribution in [-0.4, -0.2) is 46.3 Å². The van der Waals surface area contributed by atoms with Gasteiger partial charge in [0.1, 0.15) is 6.10 Å². The van der Waals surface area contributed by atoms with Crippen LogP contribution in [0, 0.1) is 62.1 Å². The van der Waals surface area contributed by atoms with Gasteiger partial charge in [-0.25, -0.2) is 0 Å². The predicted octanol–water partition coefficient (Wildman–Crippen LogP) is 8.33. The first-order valence-corrected chi connectivity index (χ1v) is 19.0. The summed E-state index contributed by atoms with van der Waals surface area (Å²) in [7, 11) is 0. The molecule has 0 radical (unpaired) electrons. The highest BCUT2D eigenvalue weighted by Crippen LogP contribution is 2.78. The molecule has 0 aliphatic heterocycles. The molecule has 0 aromatic carbocycles. The summed E-state index contributed by atoms with van der Waals surface area (Å²) in [5.41, 5.74) is -0.276. The second-order valence-corrected chi connectivity index (χ2v) is 20.0. The molecule has 5 fully saturated rings. The molecule has 0 saturated heterocycles. The summed E-state index contributed by atoms with van der Waals surface area (Å²) in [5, 5.41) is 22.6. The third-order valence-electron chi connectivity index (χ3n) is 16.0. The van der Waals surface area contributed by atoms with Gasteiger partial charge in [-0.2, -0.15) is 0 Å². The van der Waals surface area contributed by atoms with E-state index in [1.165, 1.54) is 18.4 Å². The molecule has 7 nitrogen and oxygen atoms in total. The summed E-state index contributed by atoms with van der Waals surface area (Å²) < 4.78 is 6.16. The second kappa shape index (κ2) is 12.1. The molecule has 10 atom stereocenters. The monoisotopic (exact) mass is 669 g/mol. The van der Waals surface area contributed by atoms with Gasteiger partial charge < -0.3 is 20.3 Å². The maximum absolute atomic E-state index is 13.6. The van der Waals surface area contributed by atoms with Gasteiger partial charge in [0.05, 0.1) is 24.0 Å². The van der Waals surface area contributed by atoms with E-state index in [0.29, 0.717) is 36.0 Å². The van der Waals surface area contributed by atoms with E-state index in [2.05, 4.69) is 53.4 Å². The maximum atomic E-state index is 13.6. The fourth-order valence-electron chi connectivity index (χ4n) is 13.2. The highest BCUT2D eigenvalue weighted by atomic mass is 16.5. The molecule has 5 rings (SSSR count). The fourth-order valence-corrected chi connectivity index (χ4v) is 13.2. The topological polar surface area (TPSA) is 113 Å². The van der Waals surface area contributed by atoms with Crippen LogP contribution in [0.2, 0.25) is 0 Å². The summed E-state index contributed by atoms with van der Waals surface area (Å²) in [6.07, 6.45) is 11.1. The number of hydrogen-bond donors (Lipinski definition) is 3. The van der Waals surface area contributed by atoms with Crippen LogP contribution in [0.1, 0.15) is 146 Å². The van der Waals surface area contributed by atoms with Crippen LogP contribution < -0.4 is 5.32 Å². The Morgan fingerprint density at radius 3 is 2.12 bits per heavy atom. The van der Waals surface area contributed by atoms with Crippen molar-refractivity contribution >= 4 is 17.8 Å². The van der Waals surface area contributed by atoms with Crippen LogP contribution in [0.4, 0.5) is 0 Å². The van der Waals surface area contributed by atoms with Crippen molar-refractivity contribution in [2.24, 2.45) is 62.1 Å². The molecule has 3 N–H and O–H groups in total. The second-order valence-electron chi connectivity index (χ2n) is 20.0. The fraction of sp³-hybridized carbons (Fsp3) is 0.878. The maximum Gasteiger partial charge on any atom is 0.309 e. The molecular formula is C41H67NO6. The molecule has 0 bridgehead atoms. The molecule has 0 aromatic heterocycles. The first-order chi connectivity index (χ1) is 22.0. The standard InChI is InChI=1S/C41H67NO6/c1-25(2)26-14-19-41(22-31(44)42-36(5,6)24-43)21-20-39(10)27(33(26)41)12-13-29-38(9)17-16-30(48-32(45)23-35(3,4)34(46)47)37(7,8)28(38)15-18-40(29,39)11/h26-30,33,43H,1,12-24H2,2-11H3,(H,42,44)(H,46,47)/t26-,27+,28-,29+,30-,33+,38-,39+,40+,41+/m0/s1. The van der Waals surface area contributed by atoms with E-state index in [9.17, 15) is 24.6 Å². The number of esters is 1. The predicted molar refractivity (Wildman–Crippen MR) is 189 cm³/mol. The van der Waals surface area contributed by atoms with E-state index in [0.717, 1.165) is 51.4 Å². The average molecular weight is 670 g/mol. The van der Waals surface area contributed by atoms with Crippen LogP contribution in [0.25, 0.3) is 0 Å². The van der Waals surface area contributed by atoms with Gasteiger partial charge >= 0.3 is 11.9 Å². The Balaban J connectivity index is 1.41. The van der Waals surface area contributed by atoms with E-state index in [1.54, 1.807) is 13.8 Å². The molecular weight excluding hydrogens is 602 g/mol. The van der Waals surface area contributed by atoms with E-state index in [-0.39, 0.29) is 52.1 Å². The molecule has 0 heterocycles. The molecule has 5 aliphatic carbocycles. The molecule has 5 saturated carbocycles. The van der Waals surface area contributed by atoms with Gasteiger partial charge in [-0.1, -0.05) is 46.8 Å². The Morgan fingerprint density at radius 2 is 1.52 bits per heavy atom. The molecule has 48 heavy (non-hydrogen) atoms. The van der Waals surface area contributed by atoms with Gasteiger partial charge in [0.15, 0.2) is 0 Å². The number of carboxylic acid groups (broad SMARTS) is 1. The number of ether oxygens (including phenoxy) is 1. The van der Waals surface area contributed by atoms with Gasteiger partial charge in [0, 0.05) is 11.8 Å². The molecule has 0 aromatic rings. The lowest BCUT2D eigenvalue weighted by atomic mass is 9.32. The Bertz CT molecular complexity index is 1320. The summed E-state index contributed by atoms with van der Waals surface area (Å²) in [6, 6.07) is 0. The van der Waals surface area contributed by atoms with Crippen molar-refractivity contribution in [1.29, 1.82) is 0 Å². The molecule has 7 heteroatoms. The summed E-state index contributed by atoms with van der Waals surface area (Å²) in [4.78, 5) is 38.3. The summed E-state index contributed by atoms with van der Waals surface area (Å²) >= 11 is 0. The Hall–Kier alpha value is -1.89. The number of amides is 1. The number of carbonyl (C=O) groups is 3. The summed E-state index contributed by atoms with van der Waals surface area (Å²) in [5.74, 6) is 1.10. The Labute approximate surface area is 290 Å². The van der Waals surface area contributed by atoms with Gasteiger partial charge in [0.25, 0.3) is 0 Å². The quantitative estimate of drug-likeness (QED) is 0.168. The van der Waals surface area contributed by atoms with Crippen LogP contribution in [0.15, 0.2) is 12.2 Å². The molecule has 0 spiro atoms. The zero-order valence-corrected chi connectivity index (χ0v) is 31.9. The minimum Gasteiger partial charge on any atom is -0.481 e. The highest BCUT2D eigenvalue weighted by Gasteiger charge is 2.71. The number of carboxylic acids is 1. The van der Waals surface area contributed by atoms with E-state index < -0.39 is 22.9 Å². The van der Waals surface area contributed by atoms with Crippen molar-refractivity contribution < 1.29 is 29.3 Å². The zero-order chi connectivity index (χ0) is 35.9. The van der Waals surface area contributed by atoms with Gasteiger partial charge in [-0.15, -0.1) is 0 Å². The van der Waals surface area contributed by atoms with Crippen LogP contribution in [-0.2, 0) is 19.1 Å². The van der Waals surface area contributed by atoms with Crippen molar-refractivity contribution in [2.75, 3.05) is 6.61 Å². The first kappa shape index (κ1) is 37.4. The summed E-state index contributed by atoms with van der Waals surface area (Å²) in [6.45, 7) is 26.0. The molecule has 1 amide bonds. The number of aliphatic hydroxyl groups excluding tert-OH is 1. The van der Waals surface area contributed by atoms with Gasteiger partial charge in [-0.05, 0) is 150 Å². The van der Waals surface area contributed by atoms with E-state index >= 15 is 0 Å². The van der Waals surface area contributed by atoms with Crippen LogP contribution in [0.5, 0.6) is 0 Å². The van der Waals surface area contributed by atoms with Gasteiger partial charge in [0.2, 0.25) is 5.91 Å². The third kappa shape index (κ3) is 5.78. The number of fused-ring (bicyclic) bond motifs is 7. The molecule has 5 aliphatic rings. The van der Waals surface area contributed by atoms with Crippen molar-refractivity contribution in [3.63, 3.8) is 0 Å². The third-order valence-corrected chi connectivity index (χ3v) is 16.0. The lowest BCUT2D eigenvalue weighted by molar-refractivity contribution is -0.250. The number of hydrogen-bond acceptors (Lipinski definition) is 5. The molecule has 0 unspecified atom stereocenters. The highest BCUT2D eigenvalue weighted by molar-refractivity contribution is 5.81. The number of rotatable bonds is 9. The van der Waals surface area contributed by atoms with Crippen molar-refractivity contribution in [3.05, 3.63) is 12.2 Å². The smallest absolute Gasteiger partial charge is 0.309 e. The van der Waals surface area contributed by atoms with Gasteiger partial charge in [-0.3, -0.25) is 14.4 Å². The average Bonchev–Trinajstić information content (AvgIpc) is 3.33. The van der Waals surface area contributed by atoms with Crippen molar-refractivity contribution in [1.82, 2.24) is 5.32 Å². The number of nitrogens with one attached hydrogen (secondary N) is 1. The SMILES string of the molecule is C=C(C)[C@@H]1CC[C@]2(CC(=O)NC(C)(C)CO)CC[C@]3(C)[C@H](CC[C@@H]4[C@@]5(C)CC[C@H](OC(=O)CC(C)(C)C(=O)O)C(C)(C)[C@@H]5CC[C@]43C)[C@@H]12. The Kier molecular flexibility index (Phi) is 9.43. The first-order valence-electron chi connectivity index (χ1n) is 19.0. The van der Waals surface area contributed by atoms with E-state index in [1.807, 2.05) is 13.8 Å². The van der Waals surface area contributed by atoms with Crippen LogP contribution >= 0.6 is 0 Å². The van der Waals surface area contributed by atoms with Crippen molar-refractivity contribution in [2.45, 2.75) is 158 Å². The molecule has 272 valence electrons. The zero-order valence-electron chi connectivity index (χ0n) is 31.9. The van der Waals surface area contributed by atoms with Crippen molar-refractivity contribution in [3.8, 4) is 0 Å². The number of aliphatic carboxylic acids is 1. The lowest BCUT2D eigenvalue weighted by Crippen LogP contribution is -2.67. The minimum atomic E-state index is -1.15. The number of aliphatic hydroxyl groups is 1. The lowest BCUT2D eigenvalue weighted by Gasteiger charge is -2.73. The minimum absolute atomic E-state index is 0.0210. The largest absolute Gasteiger partial charge is 0.481 e. The number of allylic oxidation sites excluding steroid dienone is 1.